The Bertz CT molecular complexity index is 4330. The topological polar surface area (TPSA) is 438 Å². The van der Waals surface area contributed by atoms with Gasteiger partial charge in [0.15, 0.2) is 12.3 Å². The Morgan fingerprint density at radius 2 is 0.866 bits per heavy atom. The van der Waals surface area contributed by atoms with Crippen LogP contribution in [0.4, 0.5) is 11.4 Å². The van der Waals surface area contributed by atoms with E-state index in [-0.39, 0.29) is 192 Å². The molecule has 0 radical (unpaired) electrons. The number of hydrogen-bond donors (Lipinski definition) is 3. The first-order chi connectivity index (χ1) is 53.6. The van der Waals surface area contributed by atoms with Crippen molar-refractivity contribution in [3.8, 4) is 0 Å². The first kappa shape index (κ1) is 92.9. The number of methoxy groups -OCH3 is 3. The van der Waals surface area contributed by atoms with E-state index in [1.165, 1.54) is 12.1 Å². The van der Waals surface area contributed by atoms with Gasteiger partial charge in [-0.2, -0.15) is 29.8 Å². The number of hydrogen-bond acceptors (Lipinski definition) is 30. The second kappa shape index (κ2) is 46.4. The number of carbonyl (C=O) groups excluding carboxylic acids is 3. The zero-order chi connectivity index (χ0) is 81.2. The minimum atomic E-state index is -5.40. The van der Waals surface area contributed by atoms with Crippen molar-refractivity contribution in [1.29, 1.82) is 0 Å². The van der Waals surface area contributed by atoms with Gasteiger partial charge in [-0.05, 0) is 90.9 Å². The van der Waals surface area contributed by atoms with Gasteiger partial charge in [0.25, 0.3) is 42.2 Å². The molecule has 0 aromatic heterocycles. The molecule has 3 N–H and O–H groups in total. The minimum Gasteiger partial charge on any atom is -0.744 e. The third-order valence-electron chi connectivity index (χ3n) is 18.1. The van der Waals surface area contributed by atoms with Crippen LogP contribution in [0.3, 0.4) is 0 Å². The van der Waals surface area contributed by atoms with Gasteiger partial charge in [-0.1, -0.05) is 24.3 Å². The summed E-state index contributed by atoms with van der Waals surface area (Å²) < 4.78 is 242. The summed E-state index contributed by atoms with van der Waals surface area (Å²) in [7, 11) is -16.1. The number of hydroxylamine groups is 2. The highest BCUT2D eigenvalue weighted by Gasteiger charge is 2.50. The Kier molecular flexibility index (Phi) is 38.5. The third kappa shape index (κ3) is 27.7. The third-order valence-corrected chi connectivity index (χ3v) is 21.5. The van der Waals surface area contributed by atoms with E-state index < -0.39 is 88.7 Å². The molecule has 35 nitrogen and oxygen atoms in total. The molecule has 1 saturated heterocycles. The van der Waals surface area contributed by atoms with E-state index in [1.807, 2.05) is 29.4 Å². The Balaban J connectivity index is 1.23. The standard InChI is InChI=1S/C73H103N3O32S4/c1-72(18-23-96-34-39-104-46-43-100-30-27-92-3)65(74(20-25-98-36-41-106-48-45-102-32-29-94-5)61-13-11-57-59(70(61)72)51-55(109(80,81)82)53-63(57)111(86,87)88)9-7-6-8-10-66-73(2,19-24-97-35-40-105-47-44-101-31-28-93-4)71-60-52-56(110(83,84)85)54-64(112(89,90)91)58(60)12-14-62(71)75(66)21-26-99-37-42-107-50-49-103-38-33-95-22-17-69(79)108-76-67(77)15-16-68(76)78/h6-14,51-54H,15-50H2,1-5H3,(H3-,80,81,82,83,84,85,86,87,88,89,90,91). The Hall–Kier alpha value is -6.30. The van der Waals surface area contributed by atoms with Crippen molar-refractivity contribution in [3.05, 3.63) is 95.7 Å². The molecule has 3 aliphatic rings. The van der Waals surface area contributed by atoms with Gasteiger partial charge in [-0.3, -0.25) is 23.2 Å². The molecule has 0 spiro atoms. The van der Waals surface area contributed by atoms with E-state index in [9.17, 15) is 66.3 Å². The SMILES string of the molecule is COCCOCCOCCOCC[N+]1=C(/C=C/C=C/C=C2/N(CCOCCOCCOCCOCCC(=O)ON3C(=O)CCC3=O)c3ccc4c(S(=O)(=O)[O-])cc(S(=O)(=O)O)cc4c3C2(C)CCOCCOCCOCCOC)C(C)(CCOCCOCCOCCOC)c2c1ccc1c(S(=O)(=O)O)cc(S(=O)(=O)O)cc21. The van der Waals surface area contributed by atoms with Gasteiger partial charge >= 0.3 is 5.97 Å². The summed E-state index contributed by atoms with van der Waals surface area (Å²) in [4.78, 5) is 39.0. The normalized spacial score (nSPS) is 17.4. The first-order valence-corrected chi connectivity index (χ1v) is 42.0. The molecule has 2 atom stereocenters. The highest BCUT2D eigenvalue weighted by molar-refractivity contribution is 7.87. The summed E-state index contributed by atoms with van der Waals surface area (Å²) in [6.45, 7) is 10.2. The number of imide groups is 1. The van der Waals surface area contributed by atoms with Crippen molar-refractivity contribution >= 4 is 96.9 Å². The molecule has 112 heavy (non-hydrogen) atoms. The van der Waals surface area contributed by atoms with Gasteiger partial charge in [0.05, 0.1) is 198 Å². The molecule has 7 rings (SSSR count). The van der Waals surface area contributed by atoms with Crippen LogP contribution in [0.1, 0.15) is 57.1 Å². The Morgan fingerprint density at radius 3 is 1.32 bits per heavy atom. The molecule has 0 aliphatic carbocycles. The summed E-state index contributed by atoms with van der Waals surface area (Å²) in [6.07, 6.45) is 8.81. The van der Waals surface area contributed by atoms with Gasteiger partial charge in [0, 0.05) is 93.8 Å². The fraction of sp³-hybridized carbons (Fsp3) is 0.589. The highest BCUT2D eigenvalue weighted by atomic mass is 32.2. The second-order valence-electron chi connectivity index (χ2n) is 25.7. The van der Waals surface area contributed by atoms with E-state index in [2.05, 4.69) is 0 Å². The van der Waals surface area contributed by atoms with Crippen molar-refractivity contribution in [3.63, 3.8) is 0 Å². The van der Waals surface area contributed by atoms with Crippen LogP contribution in [0.25, 0.3) is 21.5 Å². The van der Waals surface area contributed by atoms with Crippen LogP contribution in [0.2, 0.25) is 0 Å². The number of amides is 2. The lowest BCUT2D eigenvalue weighted by Crippen LogP contribution is -2.33. The summed E-state index contributed by atoms with van der Waals surface area (Å²) in [5.74, 6) is -1.97. The Morgan fingerprint density at radius 1 is 0.464 bits per heavy atom. The highest BCUT2D eigenvalue weighted by Crippen LogP contribution is 2.54. The zero-order valence-electron chi connectivity index (χ0n) is 63.6. The lowest BCUT2D eigenvalue weighted by molar-refractivity contribution is -0.442. The molecular weight excluding hydrogens is 1560 g/mol. The van der Waals surface area contributed by atoms with Crippen molar-refractivity contribution in [2.75, 3.05) is 231 Å². The van der Waals surface area contributed by atoms with Crippen molar-refractivity contribution in [2.24, 2.45) is 0 Å². The van der Waals surface area contributed by atoms with E-state index in [0.29, 0.717) is 117 Å². The number of nitrogens with zero attached hydrogens (tertiary/aromatic N) is 3. The van der Waals surface area contributed by atoms with Crippen LogP contribution in [-0.4, -0.2) is 311 Å². The predicted octanol–water partition coefficient (Wildman–Crippen LogP) is 4.70. The van der Waals surface area contributed by atoms with Crippen LogP contribution in [-0.2, 0) is 146 Å². The molecular formula is C73H103N3O32S4. The molecule has 0 bridgehead atoms. The number of carbonyl (C=O) groups is 3. The van der Waals surface area contributed by atoms with Crippen LogP contribution in [0.15, 0.2) is 104 Å². The van der Waals surface area contributed by atoms with Gasteiger partial charge in [0.2, 0.25) is 5.69 Å². The van der Waals surface area contributed by atoms with E-state index in [1.54, 1.807) is 57.8 Å². The molecule has 4 aromatic carbocycles. The van der Waals surface area contributed by atoms with E-state index in [4.69, 9.17) is 80.6 Å². The molecule has 4 aromatic rings. The molecule has 3 aliphatic heterocycles. The van der Waals surface area contributed by atoms with Gasteiger partial charge in [0.1, 0.15) is 21.6 Å². The molecule has 2 unspecified atom stereocenters. The molecule has 3 heterocycles. The second-order valence-corrected chi connectivity index (χ2v) is 31.3. The zero-order valence-corrected chi connectivity index (χ0v) is 66.9. The number of benzene rings is 4. The first-order valence-electron chi connectivity index (χ1n) is 36.2. The summed E-state index contributed by atoms with van der Waals surface area (Å²) >= 11 is 0. The quantitative estimate of drug-likeness (QED) is 0.0177. The summed E-state index contributed by atoms with van der Waals surface area (Å²) in [5, 5.41) is 0.388. The number of ether oxygens (including phenoxy) is 16. The number of rotatable bonds is 59. The lowest BCUT2D eigenvalue weighted by atomic mass is 9.75. The van der Waals surface area contributed by atoms with Gasteiger partial charge in [-0.15, -0.1) is 5.06 Å². The van der Waals surface area contributed by atoms with E-state index in [0.717, 1.165) is 12.1 Å². The smallest absolute Gasteiger partial charge is 0.335 e. The maximum absolute atomic E-state index is 13.2. The number of anilines is 1. The van der Waals surface area contributed by atoms with Gasteiger partial charge in [-0.25, -0.2) is 13.2 Å². The fourth-order valence-electron chi connectivity index (χ4n) is 12.7. The van der Waals surface area contributed by atoms with Crippen LogP contribution >= 0.6 is 0 Å². The molecule has 626 valence electrons. The molecule has 2 amide bonds. The van der Waals surface area contributed by atoms with E-state index >= 15 is 0 Å². The van der Waals surface area contributed by atoms with Crippen LogP contribution < -0.4 is 4.90 Å². The van der Waals surface area contributed by atoms with Crippen molar-refractivity contribution in [2.45, 2.75) is 76.4 Å². The average molecular weight is 1660 g/mol. The predicted molar refractivity (Wildman–Crippen MR) is 401 cm³/mol. The number of allylic oxidation sites excluding steroid dienone is 6. The van der Waals surface area contributed by atoms with Crippen LogP contribution in [0, 0.1) is 0 Å². The maximum Gasteiger partial charge on any atom is 0.335 e. The number of fused-ring (bicyclic) bond motifs is 6. The van der Waals surface area contributed by atoms with Crippen molar-refractivity contribution < 1.29 is 151 Å². The largest absolute Gasteiger partial charge is 0.744 e. The molecule has 39 heteroatoms. The fourth-order valence-corrected chi connectivity index (χ4v) is 15.4. The average Bonchev–Trinajstić information content (AvgIpc) is 1.55. The van der Waals surface area contributed by atoms with Crippen molar-refractivity contribution in [1.82, 2.24) is 5.06 Å². The minimum absolute atomic E-state index is 0.0213. The lowest BCUT2D eigenvalue weighted by Gasteiger charge is -2.31. The Labute approximate surface area is 653 Å². The van der Waals surface area contributed by atoms with Gasteiger partial charge < -0.3 is 90.1 Å². The monoisotopic (exact) mass is 1660 g/mol. The summed E-state index contributed by atoms with van der Waals surface area (Å²) in [6, 6.07) is 9.65. The van der Waals surface area contributed by atoms with Crippen LogP contribution in [0.5, 0.6) is 0 Å². The molecule has 0 saturated carbocycles. The summed E-state index contributed by atoms with van der Waals surface area (Å²) in [5.41, 5.74) is 0.410. The maximum atomic E-state index is 13.2. The molecule has 1 fully saturated rings.